The Morgan fingerprint density at radius 1 is 0.898 bits per heavy atom. The number of hydrogen-bond donors (Lipinski definition) is 4. The third-order valence-electron chi connectivity index (χ3n) is 10.7. The number of carbonyl (C=O) groups is 6. The van der Waals surface area contributed by atoms with E-state index in [0.29, 0.717) is 19.4 Å². The molecule has 0 bridgehead atoms. The lowest BCUT2D eigenvalue weighted by molar-refractivity contribution is -0.146. The van der Waals surface area contributed by atoms with Crippen LogP contribution in [0, 0.1) is 23.2 Å². The van der Waals surface area contributed by atoms with Gasteiger partial charge in [0, 0.05) is 25.0 Å². The fourth-order valence-electron chi connectivity index (χ4n) is 7.87. The zero-order valence-corrected chi connectivity index (χ0v) is 29.3. The molecule has 3 saturated carbocycles. The van der Waals surface area contributed by atoms with Gasteiger partial charge in [-0.25, -0.2) is 4.98 Å². The highest BCUT2D eigenvalue weighted by Crippen LogP contribution is 2.43. The molecular formula is C36H53N7O6. The number of nitrogens with zero attached hydrogens (tertiary/aromatic N) is 3. The second-order valence-corrected chi connectivity index (χ2v) is 15.5. The van der Waals surface area contributed by atoms with Crippen LogP contribution < -0.4 is 21.3 Å². The number of fused-ring (bicyclic) bond motifs is 1. The monoisotopic (exact) mass is 679 g/mol. The molecule has 0 spiro atoms. The maximum Gasteiger partial charge on any atom is 0.289 e. The van der Waals surface area contributed by atoms with Gasteiger partial charge in [-0.2, -0.15) is 0 Å². The SMILES string of the molecule is CCC[C@H](NC(=O)[C@@H]1C2CCC[C@H]2CN1C(=O)[C@@H](NC(=O)[C@@H](NC(=O)c1cnccn1)C1CCCCC1)C(C)(C)C)C(=O)C(=O)NC1CC1. The minimum absolute atomic E-state index is 0.0132. The van der Waals surface area contributed by atoms with Crippen LogP contribution in [0.15, 0.2) is 18.6 Å². The first-order valence-electron chi connectivity index (χ1n) is 18.2. The van der Waals surface area contributed by atoms with Crippen LogP contribution in [0.3, 0.4) is 0 Å². The fraction of sp³-hybridized carbons (Fsp3) is 0.722. The summed E-state index contributed by atoms with van der Waals surface area (Å²) < 4.78 is 0. The number of likely N-dealkylation sites (tertiary alicyclic amines) is 1. The molecule has 5 amide bonds. The van der Waals surface area contributed by atoms with E-state index in [2.05, 4.69) is 31.2 Å². The van der Waals surface area contributed by atoms with E-state index in [1.165, 1.54) is 18.6 Å². The maximum atomic E-state index is 14.6. The summed E-state index contributed by atoms with van der Waals surface area (Å²) in [4.78, 5) is 91.4. The van der Waals surface area contributed by atoms with Gasteiger partial charge in [0.1, 0.15) is 23.8 Å². The van der Waals surface area contributed by atoms with Gasteiger partial charge in [0.05, 0.1) is 12.2 Å². The third kappa shape index (κ3) is 8.83. The smallest absolute Gasteiger partial charge is 0.289 e. The van der Waals surface area contributed by atoms with Crippen molar-refractivity contribution in [3.63, 3.8) is 0 Å². The number of ketones is 1. The summed E-state index contributed by atoms with van der Waals surface area (Å²) in [6, 6.07) is -3.68. The molecule has 1 aliphatic heterocycles. The number of rotatable bonds is 13. The number of Topliss-reactive ketones (excluding diaryl/α,β-unsaturated/α-hetero) is 1. The quantitative estimate of drug-likeness (QED) is 0.230. The summed E-state index contributed by atoms with van der Waals surface area (Å²) >= 11 is 0. The van der Waals surface area contributed by atoms with Crippen LogP contribution in [0.4, 0.5) is 0 Å². The highest BCUT2D eigenvalue weighted by molar-refractivity contribution is 6.38. The highest BCUT2D eigenvalue weighted by Gasteiger charge is 2.52. The lowest BCUT2D eigenvalue weighted by Crippen LogP contribution is -2.62. The average molecular weight is 680 g/mol. The summed E-state index contributed by atoms with van der Waals surface area (Å²) in [5, 5.41) is 11.5. The summed E-state index contributed by atoms with van der Waals surface area (Å²) in [5.41, 5.74) is -0.638. The van der Waals surface area contributed by atoms with Crippen molar-refractivity contribution in [3.05, 3.63) is 24.3 Å². The lowest BCUT2D eigenvalue weighted by Gasteiger charge is -2.38. The summed E-state index contributed by atoms with van der Waals surface area (Å²) in [6.07, 6.45) is 13.9. The van der Waals surface area contributed by atoms with Crippen LogP contribution in [-0.4, -0.2) is 86.9 Å². The highest BCUT2D eigenvalue weighted by atomic mass is 16.2. The normalized spacial score (nSPS) is 24.2. The van der Waals surface area contributed by atoms with E-state index in [1.54, 1.807) is 4.90 Å². The van der Waals surface area contributed by atoms with Gasteiger partial charge >= 0.3 is 0 Å². The molecule has 1 aromatic heterocycles. The van der Waals surface area contributed by atoms with Gasteiger partial charge in [0.2, 0.25) is 23.5 Å². The molecule has 4 fully saturated rings. The van der Waals surface area contributed by atoms with E-state index in [9.17, 15) is 28.8 Å². The molecule has 0 radical (unpaired) electrons. The second kappa shape index (κ2) is 15.8. The molecule has 13 nitrogen and oxygen atoms in total. The number of hydrogen-bond acceptors (Lipinski definition) is 8. The topological polar surface area (TPSA) is 180 Å². The van der Waals surface area contributed by atoms with Crippen molar-refractivity contribution in [1.82, 2.24) is 36.1 Å². The van der Waals surface area contributed by atoms with Crippen molar-refractivity contribution in [1.29, 1.82) is 0 Å². The number of nitrogens with one attached hydrogen (secondary N) is 4. The van der Waals surface area contributed by atoms with E-state index in [-0.39, 0.29) is 35.4 Å². The summed E-state index contributed by atoms with van der Waals surface area (Å²) in [6.45, 7) is 7.85. The van der Waals surface area contributed by atoms with Gasteiger partial charge in [0.15, 0.2) is 0 Å². The van der Waals surface area contributed by atoms with Crippen molar-refractivity contribution in [2.45, 2.75) is 135 Å². The summed E-state index contributed by atoms with van der Waals surface area (Å²) in [7, 11) is 0. The molecule has 0 aromatic carbocycles. The van der Waals surface area contributed by atoms with Crippen LogP contribution >= 0.6 is 0 Å². The minimum Gasteiger partial charge on any atom is -0.347 e. The third-order valence-corrected chi connectivity index (χ3v) is 10.7. The predicted molar refractivity (Wildman–Crippen MR) is 181 cm³/mol. The minimum atomic E-state index is -0.994. The molecule has 4 aliphatic rings. The molecule has 5 rings (SSSR count). The first-order chi connectivity index (χ1) is 23.4. The fourth-order valence-corrected chi connectivity index (χ4v) is 7.87. The molecule has 4 N–H and O–H groups in total. The Morgan fingerprint density at radius 2 is 1.63 bits per heavy atom. The molecule has 49 heavy (non-hydrogen) atoms. The Balaban J connectivity index is 1.36. The molecule has 3 aliphatic carbocycles. The standard InChI is InChI=1S/C36H53N7O6/c1-5-10-25(29(44)34(48)39-23-15-16-23)40-33(47)28-24-14-9-13-22(24)20-43(28)35(49)30(36(2,3)4)42-32(46)27(21-11-7-6-8-12-21)41-31(45)26-19-37-17-18-38-26/h17-19,21-25,27-28,30H,5-16,20H2,1-4H3,(H,39,48)(H,40,47)(H,41,45)(H,42,46)/t22-,24?,25-,27-,28-,30+/m0/s1. The van der Waals surface area contributed by atoms with E-state index in [0.717, 1.165) is 64.2 Å². The lowest BCUT2D eigenvalue weighted by atomic mass is 9.82. The molecule has 13 heteroatoms. The molecular weight excluding hydrogens is 626 g/mol. The Kier molecular flexibility index (Phi) is 11.7. The van der Waals surface area contributed by atoms with Gasteiger partial charge in [-0.15, -0.1) is 0 Å². The van der Waals surface area contributed by atoms with Gasteiger partial charge in [-0.3, -0.25) is 33.8 Å². The van der Waals surface area contributed by atoms with E-state index >= 15 is 0 Å². The molecule has 2 heterocycles. The van der Waals surface area contributed by atoms with Gasteiger partial charge in [0.25, 0.3) is 11.8 Å². The van der Waals surface area contributed by atoms with Crippen molar-refractivity contribution in [2.24, 2.45) is 23.2 Å². The van der Waals surface area contributed by atoms with Crippen molar-refractivity contribution in [2.75, 3.05) is 6.54 Å². The van der Waals surface area contributed by atoms with Crippen LogP contribution in [-0.2, 0) is 24.0 Å². The van der Waals surface area contributed by atoms with E-state index < -0.39 is 59.0 Å². The largest absolute Gasteiger partial charge is 0.347 e. The molecule has 1 saturated heterocycles. The van der Waals surface area contributed by atoms with Crippen molar-refractivity contribution >= 4 is 35.3 Å². The average Bonchev–Trinajstić information content (AvgIpc) is 3.65. The Bertz CT molecular complexity index is 1390. The van der Waals surface area contributed by atoms with Crippen molar-refractivity contribution < 1.29 is 28.8 Å². The molecule has 268 valence electrons. The van der Waals surface area contributed by atoms with Gasteiger partial charge in [-0.05, 0) is 68.1 Å². The Hall–Kier alpha value is -3.90. The number of carbonyl (C=O) groups excluding carboxylic acids is 6. The first kappa shape index (κ1) is 36.4. The van der Waals surface area contributed by atoms with E-state index in [4.69, 9.17) is 0 Å². The Labute approximate surface area is 288 Å². The number of aromatic nitrogens is 2. The van der Waals surface area contributed by atoms with Gasteiger partial charge in [-0.1, -0.05) is 59.8 Å². The van der Waals surface area contributed by atoms with Crippen LogP contribution in [0.5, 0.6) is 0 Å². The number of amides is 5. The molecule has 1 unspecified atom stereocenters. The first-order valence-corrected chi connectivity index (χ1v) is 18.2. The van der Waals surface area contributed by atoms with Gasteiger partial charge < -0.3 is 26.2 Å². The van der Waals surface area contributed by atoms with E-state index in [1.807, 2.05) is 27.7 Å². The second-order valence-electron chi connectivity index (χ2n) is 15.5. The molecule has 6 atom stereocenters. The Morgan fingerprint density at radius 3 is 2.27 bits per heavy atom. The van der Waals surface area contributed by atoms with Crippen LogP contribution in [0.1, 0.15) is 115 Å². The van der Waals surface area contributed by atoms with Crippen molar-refractivity contribution in [3.8, 4) is 0 Å². The summed E-state index contributed by atoms with van der Waals surface area (Å²) in [5.74, 6) is -3.20. The molecule has 1 aromatic rings. The predicted octanol–water partition coefficient (Wildman–Crippen LogP) is 2.45. The van der Waals surface area contributed by atoms with Crippen LogP contribution in [0.25, 0.3) is 0 Å². The zero-order chi connectivity index (χ0) is 35.3. The van der Waals surface area contributed by atoms with Crippen LogP contribution in [0.2, 0.25) is 0 Å². The maximum absolute atomic E-state index is 14.6. The zero-order valence-electron chi connectivity index (χ0n) is 29.3.